The minimum Gasteiger partial charge on any atom is -0.379 e. The van der Waals surface area contributed by atoms with Crippen molar-refractivity contribution in [3.63, 3.8) is 0 Å². The molecule has 3 rings (SSSR count). The van der Waals surface area contributed by atoms with Gasteiger partial charge in [0, 0.05) is 29.4 Å². The lowest BCUT2D eigenvalue weighted by molar-refractivity contribution is 0.0730. The first kappa shape index (κ1) is 18.8. The molecule has 1 aliphatic heterocycles. The van der Waals surface area contributed by atoms with Gasteiger partial charge in [0.2, 0.25) is 10.0 Å². The third kappa shape index (κ3) is 4.07. The summed E-state index contributed by atoms with van der Waals surface area (Å²) in [6.07, 6.45) is 0. The second-order valence-corrected chi connectivity index (χ2v) is 8.33. The number of rotatable bonds is 4. The Kier molecular flexibility index (Phi) is 5.62. The highest BCUT2D eigenvalue weighted by atomic mass is 35.5. The van der Waals surface area contributed by atoms with Crippen LogP contribution in [0, 0.1) is 6.92 Å². The van der Waals surface area contributed by atoms with Crippen LogP contribution in [-0.2, 0) is 14.8 Å². The van der Waals surface area contributed by atoms with E-state index in [4.69, 9.17) is 16.3 Å². The third-order valence-corrected chi connectivity index (χ3v) is 6.28. The molecule has 0 spiro atoms. The van der Waals surface area contributed by atoms with Gasteiger partial charge >= 0.3 is 0 Å². The molecule has 0 saturated carbocycles. The summed E-state index contributed by atoms with van der Waals surface area (Å²) in [5, 5.41) is 3.28. The van der Waals surface area contributed by atoms with Crippen LogP contribution in [0.3, 0.4) is 0 Å². The van der Waals surface area contributed by atoms with Crippen LogP contribution in [-0.4, -0.2) is 44.9 Å². The smallest absolute Gasteiger partial charge is 0.255 e. The highest BCUT2D eigenvalue weighted by Crippen LogP contribution is 2.22. The molecule has 138 valence electrons. The number of anilines is 1. The zero-order valence-electron chi connectivity index (χ0n) is 14.2. The Hall–Kier alpha value is -1.93. The second kappa shape index (κ2) is 7.75. The number of aryl methyl sites for hydroxylation is 1. The number of halogens is 1. The maximum absolute atomic E-state index is 12.7. The van der Waals surface area contributed by atoms with Crippen LogP contribution in [0.5, 0.6) is 0 Å². The van der Waals surface area contributed by atoms with Crippen molar-refractivity contribution in [1.82, 2.24) is 4.31 Å². The summed E-state index contributed by atoms with van der Waals surface area (Å²) >= 11 is 5.97. The fourth-order valence-corrected chi connectivity index (χ4v) is 4.28. The van der Waals surface area contributed by atoms with Crippen LogP contribution in [0.1, 0.15) is 15.9 Å². The van der Waals surface area contributed by atoms with Crippen LogP contribution in [0.25, 0.3) is 0 Å². The Morgan fingerprint density at radius 1 is 1.15 bits per heavy atom. The van der Waals surface area contributed by atoms with Crippen molar-refractivity contribution in [3.05, 3.63) is 58.6 Å². The van der Waals surface area contributed by atoms with E-state index in [1.165, 1.54) is 16.4 Å². The number of amides is 1. The average molecular weight is 395 g/mol. The van der Waals surface area contributed by atoms with Crippen LogP contribution in [0.15, 0.2) is 47.4 Å². The third-order valence-electron chi connectivity index (χ3n) is 4.15. The molecule has 1 aliphatic rings. The number of hydrogen-bond donors (Lipinski definition) is 1. The maximum Gasteiger partial charge on any atom is 0.255 e. The first-order valence-electron chi connectivity index (χ1n) is 8.13. The van der Waals surface area contributed by atoms with Gasteiger partial charge in [-0.2, -0.15) is 4.31 Å². The molecule has 1 saturated heterocycles. The molecule has 0 radical (unpaired) electrons. The number of ether oxygens (including phenoxy) is 1. The molecule has 26 heavy (non-hydrogen) atoms. The van der Waals surface area contributed by atoms with Crippen LogP contribution < -0.4 is 5.32 Å². The first-order valence-corrected chi connectivity index (χ1v) is 9.95. The van der Waals surface area contributed by atoms with Gasteiger partial charge in [-0.15, -0.1) is 0 Å². The van der Waals surface area contributed by atoms with Gasteiger partial charge in [0.1, 0.15) is 0 Å². The van der Waals surface area contributed by atoms with Crippen molar-refractivity contribution in [2.24, 2.45) is 0 Å². The molecule has 0 aromatic heterocycles. The predicted molar refractivity (Wildman–Crippen MR) is 100 cm³/mol. The van der Waals surface area contributed by atoms with Crippen LogP contribution in [0.4, 0.5) is 5.69 Å². The number of benzene rings is 2. The molecule has 1 heterocycles. The summed E-state index contributed by atoms with van der Waals surface area (Å²) in [4.78, 5) is 12.6. The molecule has 8 heteroatoms. The first-order chi connectivity index (χ1) is 12.4. The van der Waals surface area contributed by atoms with Gasteiger partial charge in [-0.1, -0.05) is 23.7 Å². The van der Waals surface area contributed by atoms with E-state index in [0.717, 1.165) is 5.56 Å². The maximum atomic E-state index is 12.7. The molecule has 2 aromatic rings. The number of hydrogen-bond acceptors (Lipinski definition) is 4. The topological polar surface area (TPSA) is 75.7 Å². The number of nitrogens with zero attached hydrogens (tertiary/aromatic N) is 1. The van der Waals surface area contributed by atoms with Gasteiger partial charge in [-0.25, -0.2) is 8.42 Å². The highest BCUT2D eigenvalue weighted by Gasteiger charge is 2.26. The highest BCUT2D eigenvalue weighted by molar-refractivity contribution is 7.89. The molecule has 0 bridgehead atoms. The van der Waals surface area contributed by atoms with Crippen molar-refractivity contribution in [1.29, 1.82) is 0 Å². The summed E-state index contributed by atoms with van der Waals surface area (Å²) in [5.41, 5.74) is 1.71. The van der Waals surface area contributed by atoms with Gasteiger partial charge in [0.25, 0.3) is 5.91 Å². The summed E-state index contributed by atoms with van der Waals surface area (Å²) < 4.78 is 32.0. The molecule has 2 aromatic carbocycles. The fourth-order valence-electron chi connectivity index (χ4n) is 2.66. The SMILES string of the molecule is Cc1ccc(Cl)cc1NC(=O)c1cccc(S(=O)(=O)N2CCOCC2)c1. The fraction of sp³-hybridized carbons (Fsp3) is 0.278. The normalized spacial score (nSPS) is 15.6. The second-order valence-electron chi connectivity index (χ2n) is 5.96. The minimum absolute atomic E-state index is 0.0925. The Morgan fingerprint density at radius 3 is 2.62 bits per heavy atom. The molecule has 0 aliphatic carbocycles. The van der Waals surface area contributed by atoms with Crippen LogP contribution in [0.2, 0.25) is 5.02 Å². The zero-order valence-corrected chi connectivity index (χ0v) is 15.8. The summed E-state index contributed by atoms with van der Waals surface area (Å²) in [6, 6.07) is 11.2. The Bertz CT molecular complexity index is 925. The Morgan fingerprint density at radius 2 is 1.88 bits per heavy atom. The summed E-state index contributed by atoms with van der Waals surface area (Å²) in [5.74, 6) is -0.394. The largest absolute Gasteiger partial charge is 0.379 e. The van der Waals surface area contributed by atoms with Crippen molar-refractivity contribution in [3.8, 4) is 0 Å². The monoisotopic (exact) mass is 394 g/mol. The lowest BCUT2D eigenvalue weighted by Crippen LogP contribution is -2.40. The Balaban J connectivity index is 1.84. The van der Waals surface area contributed by atoms with E-state index in [1.807, 2.05) is 6.92 Å². The van der Waals surface area contributed by atoms with E-state index < -0.39 is 15.9 Å². The molecular formula is C18H19ClN2O4S. The molecule has 1 fully saturated rings. The summed E-state index contributed by atoms with van der Waals surface area (Å²) in [7, 11) is -3.65. The number of carbonyl (C=O) groups is 1. The van der Waals surface area contributed by atoms with Gasteiger partial charge in [-0.3, -0.25) is 4.79 Å². The molecule has 1 amide bonds. The number of morpholine rings is 1. The molecule has 6 nitrogen and oxygen atoms in total. The standard InChI is InChI=1S/C18H19ClN2O4S/c1-13-5-6-15(19)12-17(13)20-18(22)14-3-2-4-16(11-14)26(23,24)21-7-9-25-10-8-21/h2-6,11-12H,7-10H2,1H3,(H,20,22). The lowest BCUT2D eigenvalue weighted by atomic mass is 10.1. The molecule has 0 unspecified atom stereocenters. The van der Waals surface area contributed by atoms with E-state index in [2.05, 4.69) is 5.32 Å². The van der Waals surface area contributed by atoms with E-state index in [-0.39, 0.29) is 10.5 Å². The average Bonchev–Trinajstić information content (AvgIpc) is 2.65. The van der Waals surface area contributed by atoms with Crippen molar-refractivity contribution >= 4 is 33.2 Å². The van der Waals surface area contributed by atoms with E-state index in [1.54, 1.807) is 30.3 Å². The Labute approximate surface area is 157 Å². The van der Waals surface area contributed by atoms with Crippen molar-refractivity contribution < 1.29 is 17.9 Å². The predicted octanol–water partition coefficient (Wildman–Crippen LogP) is 2.92. The number of nitrogens with one attached hydrogen (secondary N) is 1. The van der Waals surface area contributed by atoms with E-state index >= 15 is 0 Å². The minimum atomic E-state index is -3.65. The van der Waals surface area contributed by atoms with Crippen LogP contribution >= 0.6 is 11.6 Å². The van der Waals surface area contributed by atoms with Crippen molar-refractivity contribution in [2.45, 2.75) is 11.8 Å². The van der Waals surface area contributed by atoms with Gasteiger partial charge in [0.15, 0.2) is 0 Å². The molecular weight excluding hydrogens is 376 g/mol. The number of sulfonamides is 1. The van der Waals surface area contributed by atoms with Gasteiger partial charge < -0.3 is 10.1 Å². The van der Waals surface area contributed by atoms with E-state index in [9.17, 15) is 13.2 Å². The van der Waals surface area contributed by atoms with E-state index in [0.29, 0.717) is 37.0 Å². The van der Waals surface area contributed by atoms with Gasteiger partial charge in [-0.05, 0) is 42.8 Å². The quantitative estimate of drug-likeness (QED) is 0.865. The zero-order chi connectivity index (χ0) is 18.7. The molecule has 1 N–H and O–H groups in total. The lowest BCUT2D eigenvalue weighted by Gasteiger charge is -2.26. The van der Waals surface area contributed by atoms with Crippen molar-refractivity contribution in [2.75, 3.05) is 31.6 Å². The van der Waals surface area contributed by atoms with Gasteiger partial charge in [0.05, 0.1) is 18.1 Å². The summed E-state index contributed by atoms with van der Waals surface area (Å²) in [6.45, 7) is 3.20. The molecule has 0 atom stereocenters. The number of carbonyl (C=O) groups excluding carboxylic acids is 1.